The zero-order chi connectivity index (χ0) is 34.9. The van der Waals surface area contributed by atoms with Crippen molar-refractivity contribution in [1.82, 2.24) is 10.2 Å². The average molecular weight is 725 g/mol. The molecule has 2 amide bonds. The summed E-state index contributed by atoms with van der Waals surface area (Å²) < 4.78 is 27.9. The Hall–Kier alpha value is -3.07. The van der Waals surface area contributed by atoms with Crippen LogP contribution >= 0.6 is 23.2 Å². The zero-order valence-corrected chi connectivity index (χ0v) is 30.9. The van der Waals surface area contributed by atoms with E-state index in [4.69, 9.17) is 23.2 Å². The minimum absolute atomic E-state index is 0.0315. The van der Waals surface area contributed by atoms with Gasteiger partial charge in [-0.25, -0.2) is 8.42 Å². The number of carbonyl (C=O) groups excluding carboxylic acids is 2. The smallest absolute Gasteiger partial charge is 0.244 e. The molecule has 262 valence electrons. The van der Waals surface area contributed by atoms with Crippen LogP contribution < -0.4 is 9.62 Å². The van der Waals surface area contributed by atoms with Crippen LogP contribution in [0.5, 0.6) is 0 Å². The molecule has 2 atom stereocenters. The summed E-state index contributed by atoms with van der Waals surface area (Å²) in [6.45, 7) is 3.47. The van der Waals surface area contributed by atoms with Crippen LogP contribution in [0.25, 0.3) is 0 Å². The molecule has 7 rings (SSSR count). The summed E-state index contributed by atoms with van der Waals surface area (Å²) in [5, 5.41) is 3.76. The molecule has 4 bridgehead atoms. The monoisotopic (exact) mass is 723 g/mol. The average Bonchev–Trinajstić information content (AvgIpc) is 3.06. The van der Waals surface area contributed by atoms with Gasteiger partial charge in [-0.3, -0.25) is 13.9 Å². The van der Waals surface area contributed by atoms with Gasteiger partial charge >= 0.3 is 0 Å². The summed E-state index contributed by atoms with van der Waals surface area (Å²) in [6.07, 6.45) is 9.74. The minimum Gasteiger partial charge on any atom is -0.352 e. The fourth-order valence-electron chi connectivity index (χ4n) is 8.89. The largest absolute Gasteiger partial charge is 0.352 e. The number of rotatable bonds is 13. The molecule has 4 aliphatic carbocycles. The first-order valence-corrected chi connectivity index (χ1v) is 20.1. The Morgan fingerprint density at radius 1 is 0.878 bits per heavy atom. The minimum atomic E-state index is -3.87. The maximum atomic E-state index is 14.5. The van der Waals surface area contributed by atoms with Gasteiger partial charge < -0.3 is 10.2 Å². The Bertz CT molecular complexity index is 1730. The highest BCUT2D eigenvalue weighted by Crippen LogP contribution is 2.60. The Balaban J connectivity index is 1.32. The van der Waals surface area contributed by atoms with Gasteiger partial charge in [0.05, 0.1) is 22.0 Å². The van der Waals surface area contributed by atoms with Crippen LogP contribution in [0.1, 0.15) is 75.5 Å². The van der Waals surface area contributed by atoms with Crippen molar-refractivity contribution in [1.29, 1.82) is 0 Å². The molecule has 0 heterocycles. The predicted molar refractivity (Wildman–Crippen MR) is 197 cm³/mol. The third kappa shape index (κ3) is 8.13. The van der Waals surface area contributed by atoms with E-state index in [9.17, 15) is 18.0 Å². The summed E-state index contributed by atoms with van der Waals surface area (Å²) in [5.41, 5.74) is 3.43. The van der Waals surface area contributed by atoms with Crippen molar-refractivity contribution in [2.24, 2.45) is 17.8 Å². The molecular weight excluding hydrogens is 677 g/mol. The van der Waals surface area contributed by atoms with Crippen LogP contribution in [-0.4, -0.2) is 50.0 Å². The van der Waals surface area contributed by atoms with Gasteiger partial charge in [0.2, 0.25) is 21.8 Å². The zero-order valence-electron chi connectivity index (χ0n) is 28.6. The third-order valence-corrected chi connectivity index (χ3v) is 13.0. The number of hydrogen-bond acceptors (Lipinski definition) is 4. The molecule has 0 aromatic heterocycles. The lowest BCUT2D eigenvalue weighted by Crippen LogP contribution is -2.54. The summed E-state index contributed by atoms with van der Waals surface area (Å²) in [4.78, 5) is 29.9. The predicted octanol–water partition coefficient (Wildman–Crippen LogP) is 7.78. The van der Waals surface area contributed by atoms with E-state index in [0.717, 1.165) is 33.9 Å². The molecule has 10 heteroatoms. The maximum absolute atomic E-state index is 14.5. The molecule has 4 aliphatic rings. The molecule has 1 N–H and O–H groups in total. The number of anilines is 1. The summed E-state index contributed by atoms with van der Waals surface area (Å²) in [5.74, 6) is 1.57. The van der Waals surface area contributed by atoms with Crippen LogP contribution in [0, 0.1) is 17.8 Å². The lowest BCUT2D eigenvalue weighted by molar-refractivity contribution is -0.140. The fraction of sp³-hybridized carbons (Fsp3) is 0.487. The van der Waals surface area contributed by atoms with Gasteiger partial charge in [0.15, 0.2) is 0 Å². The Morgan fingerprint density at radius 2 is 1.49 bits per heavy atom. The number of amides is 2. The van der Waals surface area contributed by atoms with Crippen molar-refractivity contribution in [2.75, 3.05) is 17.1 Å². The third-order valence-electron chi connectivity index (χ3n) is 11.1. The molecule has 49 heavy (non-hydrogen) atoms. The standard InChI is InChI=1S/C39H47Cl2N3O4S/c1-4-26(2)42-38(46)36(20-27-8-6-5-7-9-27)43(24-28-10-15-34(40)35(41)19-28)37(45)25-44(49(3,47)48)33-13-11-32(12-14-33)39-21-29-16-30(22-39)18-31(17-29)23-39/h5-15,19,26,29-31,36H,4,16-18,20-25H2,1-3H3,(H,42,46)/t26-,29?,30?,31?,36+,39?/m0/s1. The number of sulfonamides is 1. The molecule has 3 aromatic rings. The molecule has 7 nitrogen and oxygen atoms in total. The van der Waals surface area contributed by atoms with Crippen molar-refractivity contribution >= 4 is 50.7 Å². The van der Waals surface area contributed by atoms with Gasteiger partial charge in [-0.2, -0.15) is 0 Å². The summed E-state index contributed by atoms with van der Waals surface area (Å²) >= 11 is 12.6. The number of nitrogens with one attached hydrogen (secondary N) is 1. The highest BCUT2D eigenvalue weighted by atomic mass is 35.5. The normalized spacial score (nSPS) is 23.9. The molecular formula is C39H47Cl2N3O4S. The van der Waals surface area contributed by atoms with Crippen LogP contribution in [0.15, 0.2) is 72.8 Å². The summed E-state index contributed by atoms with van der Waals surface area (Å²) in [7, 11) is -3.87. The van der Waals surface area contributed by atoms with E-state index < -0.39 is 28.5 Å². The van der Waals surface area contributed by atoms with Crippen LogP contribution in [-0.2, 0) is 38.0 Å². The Morgan fingerprint density at radius 3 is 2.04 bits per heavy atom. The van der Waals surface area contributed by atoms with Crippen LogP contribution in [0.2, 0.25) is 10.0 Å². The number of hydrogen-bond donors (Lipinski definition) is 1. The lowest BCUT2D eigenvalue weighted by atomic mass is 9.48. The molecule has 0 radical (unpaired) electrons. The van der Waals surface area contributed by atoms with Crippen LogP contribution in [0.4, 0.5) is 5.69 Å². The van der Waals surface area contributed by atoms with Gasteiger partial charge in [0.25, 0.3) is 0 Å². The number of halogens is 2. The molecule has 0 aliphatic heterocycles. The van der Waals surface area contributed by atoms with Crippen molar-refractivity contribution in [3.8, 4) is 0 Å². The molecule has 0 saturated heterocycles. The number of benzene rings is 3. The fourth-order valence-corrected chi connectivity index (χ4v) is 10.1. The first kappa shape index (κ1) is 35.7. The first-order chi connectivity index (χ1) is 23.3. The van der Waals surface area contributed by atoms with Gasteiger partial charge in [0.1, 0.15) is 12.6 Å². The van der Waals surface area contributed by atoms with Crippen molar-refractivity contribution in [2.45, 2.75) is 89.3 Å². The number of nitrogens with zero attached hydrogens (tertiary/aromatic N) is 2. The highest BCUT2D eigenvalue weighted by Gasteiger charge is 2.51. The SMILES string of the molecule is CC[C@H](C)NC(=O)[C@@H](Cc1ccccc1)N(Cc1ccc(Cl)c(Cl)c1)C(=O)CN(c1ccc(C23CC4CC(CC(C4)C2)C3)cc1)S(C)(=O)=O. The van der Waals surface area contributed by atoms with Gasteiger partial charge in [-0.15, -0.1) is 0 Å². The van der Waals surface area contributed by atoms with E-state index in [1.807, 2.05) is 56.3 Å². The van der Waals surface area contributed by atoms with E-state index in [2.05, 4.69) is 17.4 Å². The Labute approximate surface area is 301 Å². The lowest BCUT2D eigenvalue weighted by Gasteiger charge is -2.57. The molecule has 3 aromatic carbocycles. The molecule has 0 spiro atoms. The van der Waals surface area contributed by atoms with Crippen molar-refractivity contribution in [3.05, 3.63) is 99.5 Å². The van der Waals surface area contributed by atoms with Crippen LogP contribution in [0.3, 0.4) is 0 Å². The molecule has 4 fully saturated rings. The number of carbonyl (C=O) groups is 2. The Kier molecular flexibility index (Phi) is 10.7. The van der Waals surface area contributed by atoms with Crippen molar-refractivity contribution in [3.63, 3.8) is 0 Å². The van der Waals surface area contributed by atoms with E-state index in [-0.39, 0.29) is 30.3 Å². The van der Waals surface area contributed by atoms with E-state index in [0.29, 0.717) is 27.7 Å². The second kappa shape index (κ2) is 14.7. The maximum Gasteiger partial charge on any atom is 0.244 e. The molecule has 4 saturated carbocycles. The second-order valence-electron chi connectivity index (χ2n) is 14.8. The second-order valence-corrected chi connectivity index (χ2v) is 17.5. The summed E-state index contributed by atoms with van der Waals surface area (Å²) in [6, 6.07) is 21.4. The van der Waals surface area contributed by atoms with Gasteiger partial charge in [-0.05, 0) is 116 Å². The van der Waals surface area contributed by atoms with Crippen molar-refractivity contribution < 1.29 is 18.0 Å². The topological polar surface area (TPSA) is 86.8 Å². The van der Waals surface area contributed by atoms with Gasteiger partial charge in [0, 0.05) is 19.0 Å². The van der Waals surface area contributed by atoms with Gasteiger partial charge in [-0.1, -0.05) is 78.7 Å². The van der Waals surface area contributed by atoms with E-state index >= 15 is 0 Å². The quantitative estimate of drug-likeness (QED) is 0.195. The van der Waals surface area contributed by atoms with E-state index in [1.54, 1.807) is 18.2 Å². The first-order valence-electron chi connectivity index (χ1n) is 17.5. The molecule has 0 unspecified atom stereocenters. The highest BCUT2D eigenvalue weighted by molar-refractivity contribution is 7.92. The van der Waals surface area contributed by atoms with E-state index in [1.165, 1.54) is 49.0 Å².